The summed E-state index contributed by atoms with van der Waals surface area (Å²) in [5.74, 6) is 0. The monoisotopic (exact) mass is 242 g/mol. The van der Waals surface area contributed by atoms with Crippen molar-refractivity contribution in [3.05, 3.63) is 16.9 Å². The van der Waals surface area contributed by atoms with Crippen molar-refractivity contribution in [2.75, 3.05) is 7.11 Å². The van der Waals surface area contributed by atoms with Gasteiger partial charge in [0.25, 0.3) is 0 Å². The summed E-state index contributed by atoms with van der Waals surface area (Å²) in [5, 5.41) is 4.33. The maximum Gasteiger partial charge on any atom is 0.0748 e. The maximum absolute atomic E-state index is 5.44. The molecule has 0 aliphatic heterocycles. The zero-order chi connectivity index (χ0) is 9.10. The highest BCUT2D eigenvalue weighted by atomic mass is 79.9. The molecule has 3 fully saturated rings. The molecule has 3 aliphatic rings. The SMILES string of the molecule is COC12CC(n3cc(Br)cn3)(C1)C2. The lowest BCUT2D eigenvalue weighted by molar-refractivity contribution is -0.265. The van der Waals surface area contributed by atoms with Gasteiger partial charge in [0.15, 0.2) is 0 Å². The van der Waals surface area contributed by atoms with E-state index in [0.29, 0.717) is 5.54 Å². The fourth-order valence-corrected chi connectivity index (χ4v) is 2.95. The van der Waals surface area contributed by atoms with Crippen LogP contribution < -0.4 is 0 Å². The van der Waals surface area contributed by atoms with E-state index in [4.69, 9.17) is 4.74 Å². The van der Waals surface area contributed by atoms with E-state index in [1.54, 1.807) is 0 Å². The standard InChI is InChI=1S/C9H11BrN2O/c1-13-9-4-8(5-9,6-9)12-3-7(10)2-11-12/h2-3H,4-6H2,1H3. The van der Waals surface area contributed by atoms with Gasteiger partial charge in [-0.25, -0.2) is 0 Å². The fraction of sp³-hybridized carbons (Fsp3) is 0.667. The van der Waals surface area contributed by atoms with Crippen molar-refractivity contribution < 1.29 is 4.74 Å². The van der Waals surface area contributed by atoms with Crippen molar-refractivity contribution in [1.82, 2.24) is 9.78 Å². The summed E-state index contributed by atoms with van der Waals surface area (Å²) >= 11 is 3.41. The third-order valence-corrected chi connectivity index (χ3v) is 3.83. The molecule has 0 N–H and O–H groups in total. The first-order valence-corrected chi connectivity index (χ1v) is 5.23. The highest BCUT2D eigenvalue weighted by Gasteiger charge is 2.70. The second kappa shape index (κ2) is 2.17. The molecule has 0 spiro atoms. The molecule has 3 nitrogen and oxygen atoms in total. The molecule has 2 bridgehead atoms. The Bertz CT molecular complexity index is 340. The molecule has 0 radical (unpaired) electrons. The van der Waals surface area contributed by atoms with Gasteiger partial charge in [-0.1, -0.05) is 0 Å². The fourth-order valence-electron chi connectivity index (χ4n) is 2.66. The Morgan fingerprint density at radius 1 is 1.54 bits per heavy atom. The predicted molar refractivity (Wildman–Crippen MR) is 51.5 cm³/mol. The average Bonchev–Trinajstić information content (AvgIpc) is 2.31. The number of hydrogen-bond donors (Lipinski definition) is 0. The van der Waals surface area contributed by atoms with E-state index in [1.165, 1.54) is 0 Å². The van der Waals surface area contributed by atoms with Crippen LogP contribution in [-0.2, 0) is 10.3 Å². The van der Waals surface area contributed by atoms with Gasteiger partial charge < -0.3 is 4.74 Å². The van der Waals surface area contributed by atoms with Crippen molar-refractivity contribution in [1.29, 1.82) is 0 Å². The molecule has 4 heteroatoms. The van der Waals surface area contributed by atoms with Crippen LogP contribution in [0.5, 0.6) is 0 Å². The molecule has 13 heavy (non-hydrogen) atoms. The Hall–Kier alpha value is -0.350. The van der Waals surface area contributed by atoms with Gasteiger partial charge in [0.05, 0.1) is 21.8 Å². The van der Waals surface area contributed by atoms with E-state index >= 15 is 0 Å². The molecule has 70 valence electrons. The van der Waals surface area contributed by atoms with E-state index in [9.17, 15) is 0 Å². The van der Waals surface area contributed by atoms with Crippen molar-refractivity contribution in [3.63, 3.8) is 0 Å². The van der Waals surface area contributed by atoms with E-state index in [1.807, 2.05) is 13.3 Å². The average molecular weight is 243 g/mol. The van der Waals surface area contributed by atoms with Gasteiger partial charge in [0.1, 0.15) is 0 Å². The molecular weight excluding hydrogens is 232 g/mol. The number of halogens is 1. The lowest BCUT2D eigenvalue weighted by atomic mass is 9.46. The zero-order valence-corrected chi connectivity index (χ0v) is 9.04. The van der Waals surface area contributed by atoms with E-state index in [0.717, 1.165) is 23.7 Å². The van der Waals surface area contributed by atoms with Crippen LogP contribution in [0, 0.1) is 0 Å². The van der Waals surface area contributed by atoms with E-state index in [-0.39, 0.29) is 5.60 Å². The molecule has 0 amide bonds. The van der Waals surface area contributed by atoms with E-state index < -0.39 is 0 Å². The minimum atomic E-state index is 0.207. The summed E-state index contributed by atoms with van der Waals surface area (Å²) in [7, 11) is 1.81. The lowest BCUT2D eigenvalue weighted by Crippen LogP contribution is -2.73. The van der Waals surface area contributed by atoms with Crippen molar-refractivity contribution >= 4 is 15.9 Å². The second-order valence-corrected chi connectivity index (χ2v) is 5.16. The van der Waals surface area contributed by atoms with Crippen LogP contribution in [0.3, 0.4) is 0 Å². The van der Waals surface area contributed by atoms with Gasteiger partial charge in [-0.15, -0.1) is 0 Å². The van der Waals surface area contributed by atoms with Crippen LogP contribution in [0.25, 0.3) is 0 Å². The Morgan fingerprint density at radius 3 is 2.69 bits per heavy atom. The number of rotatable bonds is 2. The molecule has 3 aliphatic carbocycles. The highest BCUT2D eigenvalue weighted by Crippen LogP contribution is 2.66. The zero-order valence-electron chi connectivity index (χ0n) is 7.46. The number of hydrogen-bond acceptors (Lipinski definition) is 2. The van der Waals surface area contributed by atoms with Crippen LogP contribution in [0.4, 0.5) is 0 Å². The molecule has 0 unspecified atom stereocenters. The molecule has 3 saturated carbocycles. The third-order valence-electron chi connectivity index (χ3n) is 3.42. The van der Waals surface area contributed by atoms with Gasteiger partial charge >= 0.3 is 0 Å². The molecule has 0 aromatic carbocycles. The van der Waals surface area contributed by atoms with Crippen molar-refractivity contribution in [2.45, 2.75) is 30.4 Å². The topological polar surface area (TPSA) is 27.1 Å². The largest absolute Gasteiger partial charge is 0.378 e. The van der Waals surface area contributed by atoms with Crippen LogP contribution in [0.2, 0.25) is 0 Å². The summed E-state index contributed by atoms with van der Waals surface area (Å²) in [5.41, 5.74) is 0.500. The Morgan fingerprint density at radius 2 is 2.23 bits per heavy atom. The molecule has 0 saturated heterocycles. The number of ether oxygens (including phenoxy) is 1. The quantitative estimate of drug-likeness (QED) is 0.793. The first-order chi connectivity index (χ1) is 6.18. The van der Waals surface area contributed by atoms with Crippen LogP contribution >= 0.6 is 15.9 Å². The van der Waals surface area contributed by atoms with Gasteiger partial charge in [0.2, 0.25) is 0 Å². The van der Waals surface area contributed by atoms with Gasteiger partial charge in [-0.05, 0) is 15.9 Å². The van der Waals surface area contributed by atoms with Crippen molar-refractivity contribution in [3.8, 4) is 0 Å². The number of aromatic nitrogens is 2. The first kappa shape index (κ1) is 8.00. The van der Waals surface area contributed by atoms with Gasteiger partial charge in [-0.2, -0.15) is 5.10 Å². The summed E-state index contributed by atoms with van der Waals surface area (Å²) in [6.45, 7) is 0. The maximum atomic E-state index is 5.44. The van der Waals surface area contributed by atoms with Crippen LogP contribution in [0.1, 0.15) is 19.3 Å². The smallest absolute Gasteiger partial charge is 0.0748 e. The van der Waals surface area contributed by atoms with Crippen molar-refractivity contribution in [2.24, 2.45) is 0 Å². The third kappa shape index (κ3) is 0.854. The van der Waals surface area contributed by atoms with Gasteiger partial charge in [0, 0.05) is 32.6 Å². The summed E-state index contributed by atoms with van der Waals surface area (Å²) < 4.78 is 8.58. The van der Waals surface area contributed by atoms with E-state index in [2.05, 4.69) is 31.9 Å². The second-order valence-electron chi connectivity index (χ2n) is 4.24. The normalized spacial score (nSPS) is 41.1. The Balaban J connectivity index is 1.84. The molecule has 4 rings (SSSR count). The van der Waals surface area contributed by atoms with Crippen LogP contribution in [0.15, 0.2) is 16.9 Å². The highest BCUT2D eigenvalue weighted by molar-refractivity contribution is 9.10. The minimum absolute atomic E-state index is 0.207. The number of methoxy groups -OCH3 is 1. The summed E-state index contributed by atoms with van der Waals surface area (Å²) in [6, 6.07) is 0. The predicted octanol–water partition coefficient (Wildman–Crippen LogP) is 1.92. The van der Waals surface area contributed by atoms with Gasteiger partial charge in [-0.3, -0.25) is 4.68 Å². The minimum Gasteiger partial charge on any atom is -0.378 e. The molecule has 1 heterocycles. The summed E-state index contributed by atoms with van der Waals surface area (Å²) in [4.78, 5) is 0. The molecule has 1 aromatic rings. The molecule has 0 atom stereocenters. The summed E-state index contributed by atoms with van der Waals surface area (Å²) in [6.07, 6.45) is 7.29. The first-order valence-electron chi connectivity index (χ1n) is 4.44. The molecular formula is C9H11BrN2O. The Labute approximate surface area is 85.2 Å². The lowest BCUT2D eigenvalue weighted by Gasteiger charge is -2.68. The Kier molecular flexibility index (Phi) is 1.34. The van der Waals surface area contributed by atoms with Crippen LogP contribution in [-0.4, -0.2) is 22.5 Å². The molecule has 1 aromatic heterocycles. The number of nitrogens with zero attached hydrogens (tertiary/aromatic N) is 2.